The van der Waals surface area contributed by atoms with Crippen LogP contribution in [-0.2, 0) is 6.42 Å². The van der Waals surface area contributed by atoms with E-state index in [0.29, 0.717) is 6.42 Å². The third kappa shape index (κ3) is 3.41. The number of nitrogens with one attached hydrogen (secondary N) is 1. The van der Waals surface area contributed by atoms with Crippen LogP contribution in [0.15, 0.2) is 28.1 Å². The topological polar surface area (TPSA) is 92.4 Å². The molecule has 2 aromatic heterocycles. The van der Waals surface area contributed by atoms with Gasteiger partial charge in [0, 0.05) is 23.4 Å². The quantitative estimate of drug-likeness (QED) is 0.871. The normalized spacial score (nSPS) is 12.1. The van der Waals surface area contributed by atoms with Crippen molar-refractivity contribution in [2.45, 2.75) is 19.4 Å². The lowest BCUT2D eigenvalue weighted by Gasteiger charge is -2.11. The Bertz CT molecular complexity index is 576. The second-order valence-corrected chi connectivity index (χ2v) is 5.07. The van der Waals surface area contributed by atoms with Crippen LogP contribution in [0.3, 0.4) is 0 Å². The third-order valence-electron chi connectivity index (χ3n) is 2.42. The number of amides is 1. The first-order valence-electron chi connectivity index (χ1n) is 5.59. The van der Waals surface area contributed by atoms with E-state index in [1.807, 2.05) is 24.4 Å². The number of hydrogen-bond acceptors (Lipinski definition) is 5. The van der Waals surface area contributed by atoms with Crippen LogP contribution >= 0.6 is 11.3 Å². The van der Waals surface area contributed by atoms with Gasteiger partial charge in [-0.25, -0.2) is 4.79 Å². The lowest BCUT2D eigenvalue weighted by Crippen LogP contribution is -2.34. The monoisotopic (exact) mass is 280 g/mol. The molecule has 0 spiro atoms. The molecule has 1 atom stereocenters. The predicted molar refractivity (Wildman–Crippen MR) is 68.4 cm³/mol. The van der Waals surface area contributed by atoms with E-state index in [0.717, 1.165) is 6.07 Å². The molecule has 2 heterocycles. The minimum absolute atomic E-state index is 0.0320. The van der Waals surface area contributed by atoms with Crippen LogP contribution in [0.25, 0.3) is 0 Å². The van der Waals surface area contributed by atoms with Crippen molar-refractivity contribution in [3.63, 3.8) is 0 Å². The fraction of sp³-hybridized carbons (Fsp3) is 0.250. The Hall–Kier alpha value is -2.15. The molecule has 0 aromatic carbocycles. The first-order chi connectivity index (χ1) is 9.06. The molecule has 19 heavy (non-hydrogen) atoms. The Kier molecular flexibility index (Phi) is 3.96. The molecule has 0 bridgehead atoms. The molecule has 0 saturated carbocycles. The van der Waals surface area contributed by atoms with Crippen molar-refractivity contribution in [3.8, 4) is 0 Å². The van der Waals surface area contributed by atoms with E-state index in [2.05, 4.69) is 15.0 Å². The zero-order chi connectivity index (χ0) is 13.8. The van der Waals surface area contributed by atoms with Crippen LogP contribution in [0.1, 0.15) is 32.8 Å². The first-order valence-corrected chi connectivity index (χ1v) is 6.47. The van der Waals surface area contributed by atoms with Gasteiger partial charge in [0.1, 0.15) is 0 Å². The van der Waals surface area contributed by atoms with Gasteiger partial charge in [-0.2, -0.15) is 0 Å². The standard InChI is InChI=1S/C12H12N2O4S/c1-7(5-8-3-2-4-19-8)13-11(15)9-6-10(12(16)17)18-14-9/h2-4,6-7H,5H2,1H3,(H,13,15)(H,16,17). The molecule has 0 radical (unpaired) electrons. The SMILES string of the molecule is CC(Cc1cccs1)NC(=O)c1cc(C(=O)O)on1. The minimum atomic E-state index is -1.25. The molecular formula is C12H12N2O4S. The van der Waals surface area contributed by atoms with Crippen molar-refractivity contribution in [2.24, 2.45) is 0 Å². The van der Waals surface area contributed by atoms with Crippen LogP contribution in [0.5, 0.6) is 0 Å². The summed E-state index contributed by atoms with van der Waals surface area (Å²) in [4.78, 5) is 23.6. The fourth-order valence-electron chi connectivity index (χ4n) is 1.56. The van der Waals surface area contributed by atoms with Crippen molar-refractivity contribution >= 4 is 23.2 Å². The number of hydrogen-bond donors (Lipinski definition) is 2. The molecule has 0 aliphatic carbocycles. The summed E-state index contributed by atoms with van der Waals surface area (Å²) in [6, 6.07) is 4.98. The van der Waals surface area contributed by atoms with Gasteiger partial charge < -0.3 is 14.9 Å². The van der Waals surface area contributed by atoms with E-state index in [1.54, 1.807) is 11.3 Å². The van der Waals surface area contributed by atoms with Crippen molar-refractivity contribution in [3.05, 3.63) is 39.9 Å². The highest BCUT2D eigenvalue weighted by molar-refractivity contribution is 7.09. The van der Waals surface area contributed by atoms with Crippen molar-refractivity contribution in [1.82, 2.24) is 10.5 Å². The Balaban J connectivity index is 1.94. The zero-order valence-electron chi connectivity index (χ0n) is 10.1. The van der Waals surface area contributed by atoms with Gasteiger partial charge in [-0.1, -0.05) is 11.2 Å². The largest absolute Gasteiger partial charge is 0.475 e. The molecule has 0 aliphatic rings. The van der Waals surface area contributed by atoms with Crippen molar-refractivity contribution in [1.29, 1.82) is 0 Å². The maximum atomic E-state index is 11.8. The molecule has 7 heteroatoms. The number of nitrogens with zero attached hydrogens (tertiary/aromatic N) is 1. The van der Waals surface area contributed by atoms with Gasteiger partial charge in [0.05, 0.1) is 0 Å². The number of carboxylic acids is 1. The smallest absolute Gasteiger partial charge is 0.374 e. The van der Waals surface area contributed by atoms with Crippen LogP contribution in [-0.4, -0.2) is 28.2 Å². The van der Waals surface area contributed by atoms with Crippen LogP contribution in [0, 0.1) is 0 Å². The summed E-state index contributed by atoms with van der Waals surface area (Å²) in [5.41, 5.74) is -0.0320. The molecule has 1 unspecified atom stereocenters. The van der Waals surface area contributed by atoms with Crippen LogP contribution in [0.4, 0.5) is 0 Å². The number of rotatable bonds is 5. The Labute approximate surface area is 113 Å². The first kappa shape index (κ1) is 13.3. The maximum absolute atomic E-state index is 11.8. The van der Waals surface area contributed by atoms with E-state index in [9.17, 15) is 9.59 Å². The van der Waals surface area contributed by atoms with Gasteiger partial charge in [-0.15, -0.1) is 11.3 Å². The number of carbonyl (C=O) groups is 2. The minimum Gasteiger partial charge on any atom is -0.475 e. The van der Waals surface area contributed by atoms with Gasteiger partial charge in [-0.3, -0.25) is 4.79 Å². The summed E-state index contributed by atoms with van der Waals surface area (Å²) in [6.07, 6.45) is 0.715. The molecule has 0 fully saturated rings. The third-order valence-corrected chi connectivity index (χ3v) is 3.32. The number of thiophene rings is 1. The molecule has 100 valence electrons. The molecule has 2 aromatic rings. The highest BCUT2D eigenvalue weighted by atomic mass is 32.1. The lowest BCUT2D eigenvalue weighted by molar-refractivity contribution is 0.0651. The van der Waals surface area contributed by atoms with Crippen molar-refractivity contribution < 1.29 is 19.2 Å². The van der Waals surface area contributed by atoms with E-state index in [4.69, 9.17) is 5.11 Å². The molecular weight excluding hydrogens is 268 g/mol. The van der Waals surface area contributed by atoms with Crippen LogP contribution in [0.2, 0.25) is 0 Å². The van der Waals surface area contributed by atoms with Crippen molar-refractivity contribution in [2.75, 3.05) is 0 Å². The summed E-state index contributed by atoms with van der Waals surface area (Å²) in [7, 11) is 0. The summed E-state index contributed by atoms with van der Waals surface area (Å²) < 4.78 is 4.53. The molecule has 0 saturated heterocycles. The Morgan fingerprint density at radius 2 is 2.37 bits per heavy atom. The van der Waals surface area contributed by atoms with E-state index in [-0.39, 0.29) is 17.5 Å². The predicted octanol–water partition coefficient (Wildman–Crippen LogP) is 1.80. The molecule has 2 rings (SSSR count). The lowest BCUT2D eigenvalue weighted by atomic mass is 10.2. The summed E-state index contributed by atoms with van der Waals surface area (Å²) in [5, 5.41) is 16.8. The number of carboxylic acid groups (broad SMARTS) is 1. The zero-order valence-corrected chi connectivity index (χ0v) is 10.9. The molecule has 0 aliphatic heterocycles. The highest BCUT2D eigenvalue weighted by Gasteiger charge is 2.18. The average molecular weight is 280 g/mol. The molecule has 1 amide bonds. The Morgan fingerprint density at radius 1 is 1.58 bits per heavy atom. The van der Waals surface area contributed by atoms with Gasteiger partial charge in [0.2, 0.25) is 5.76 Å². The van der Waals surface area contributed by atoms with E-state index in [1.165, 1.54) is 4.88 Å². The van der Waals surface area contributed by atoms with E-state index < -0.39 is 11.9 Å². The van der Waals surface area contributed by atoms with Gasteiger partial charge in [-0.05, 0) is 18.4 Å². The average Bonchev–Trinajstić information content (AvgIpc) is 2.98. The summed E-state index contributed by atoms with van der Waals surface area (Å²) in [5.74, 6) is -2.05. The number of aromatic carboxylic acids is 1. The molecule has 2 N–H and O–H groups in total. The highest BCUT2D eigenvalue weighted by Crippen LogP contribution is 2.11. The number of carbonyl (C=O) groups excluding carboxylic acids is 1. The number of aromatic nitrogens is 1. The van der Waals surface area contributed by atoms with E-state index >= 15 is 0 Å². The molecule has 6 nitrogen and oxygen atoms in total. The van der Waals surface area contributed by atoms with Gasteiger partial charge in [0.15, 0.2) is 5.69 Å². The van der Waals surface area contributed by atoms with Gasteiger partial charge >= 0.3 is 5.97 Å². The Morgan fingerprint density at radius 3 is 2.95 bits per heavy atom. The summed E-state index contributed by atoms with van der Waals surface area (Å²) in [6.45, 7) is 1.87. The fourth-order valence-corrected chi connectivity index (χ4v) is 2.40. The maximum Gasteiger partial charge on any atom is 0.374 e. The second-order valence-electron chi connectivity index (χ2n) is 4.04. The van der Waals surface area contributed by atoms with Crippen LogP contribution < -0.4 is 5.32 Å². The summed E-state index contributed by atoms with van der Waals surface area (Å²) >= 11 is 1.62. The second kappa shape index (κ2) is 5.66. The van der Waals surface area contributed by atoms with Gasteiger partial charge in [0.25, 0.3) is 5.91 Å².